The molecule has 0 aromatic carbocycles. The Kier molecular flexibility index (Phi) is 2.60. The van der Waals surface area contributed by atoms with E-state index < -0.39 is 0 Å². The molecule has 0 fully saturated rings. The van der Waals surface area contributed by atoms with Crippen LogP contribution in [0.3, 0.4) is 0 Å². The Hall–Kier alpha value is -1.62. The van der Waals surface area contributed by atoms with Crippen molar-refractivity contribution in [2.45, 2.75) is 6.54 Å². The van der Waals surface area contributed by atoms with Crippen LogP contribution in [0.5, 0.6) is 0 Å². The molecule has 0 bridgehead atoms. The lowest BCUT2D eigenvalue weighted by molar-refractivity contribution is 1.04. The highest BCUT2D eigenvalue weighted by Crippen LogP contribution is 2.13. The van der Waals surface area contributed by atoms with Crippen LogP contribution in [-0.2, 0) is 6.54 Å². The van der Waals surface area contributed by atoms with Gasteiger partial charge in [-0.25, -0.2) is 10.1 Å². The van der Waals surface area contributed by atoms with Gasteiger partial charge in [0.05, 0.1) is 5.02 Å². The third-order valence-corrected chi connectivity index (χ3v) is 2.06. The van der Waals surface area contributed by atoms with Gasteiger partial charge in [0, 0.05) is 18.9 Å². The highest BCUT2D eigenvalue weighted by Gasteiger charge is 1.99. The maximum absolute atomic E-state index is 5.92. The molecule has 0 aliphatic carbocycles. The van der Waals surface area contributed by atoms with Crippen molar-refractivity contribution in [3.05, 3.63) is 35.4 Å². The van der Waals surface area contributed by atoms with Gasteiger partial charge < -0.3 is 5.32 Å². The van der Waals surface area contributed by atoms with E-state index in [2.05, 4.69) is 25.5 Å². The Morgan fingerprint density at radius 1 is 1.50 bits per heavy atom. The van der Waals surface area contributed by atoms with Gasteiger partial charge in [-0.05, 0) is 11.6 Å². The fourth-order valence-corrected chi connectivity index (χ4v) is 1.20. The first-order chi connectivity index (χ1) is 6.86. The van der Waals surface area contributed by atoms with E-state index in [0.717, 1.165) is 5.56 Å². The van der Waals surface area contributed by atoms with Gasteiger partial charge in [-0.3, -0.25) is 4.98 Å². The van der Waals surface area contributed by atoms with E-state index >= 15 is 0 Å². The van der Waals surface area contributed by atoms with Gasteiger partial charge in [-0.15, -0.1) is 0 Å². The number of aromatic amines is 1. The molecule has 2 N–H and O–H groups in total. The summed E-state index contributed by atoms with van der Waals surface area (Å²) in [6, 6.07) is 1.85. The summed E-state index contributed by atoms with van der Waals surface area (Å²) in [4.78, 5) is 7.82. The number of pyridine rings is 1. The largest absolute Gasteiger partial charge is 0.350 e. The number of anilines is 1. The number of halogens is 1. The lowest BCUT2D eigenvalue weighted by Crippen LogP contribution is -2.01. The van der Waals surface area contributed by atoms with Crippen LogP contribution in [0.25, 0.3) is 0 Å². The third kappa shape index (κ3) is 2.00. The van der Waals surface area contributed by atoms with Crippen molar-refractivity contribution >= 4 is 17.5 Å². The first-order valence-corrected chi connectivity index (χ1v) is 4.41. The zero-order valence-electron chi connectivity index (χ0n) is 7.24. The summed E-state index contributed by atoms with van der Waals surface area (Å²) in [6.45, 7) is 0.594. The standard InChI is InChI=1S/C8H8ClN5/c9-7-4-10-2-1-6(7)3-11-8-12-5-13-14-8/h1-2,4-5H,3H2,(H2,11,12,13,14). The minimum Gasteiger partial charge on any atom is -0.350 e. The molecule has 0 saturated carbocycles. The second kappa shape index (κ2) is 4.06. The second-order valence-electron chi connectivity index (χ2n) is 2.65. The van der Waals surface area contributed by atoms with Crippen LogP contribution in [-0.4, -0.2) is 20.2 Å². The number of nitrogens with zero attached hydrogens (tertiary/aromatic N) is 3. The molecule has 5 nitrogen and oxygen atoms in total. The summed E-state index contributed by atoms with van der Waals surface area (Å²) in [5, 5.41) is 10.1. The number of H-pyrrole nitrogens is 1. The van der Waals surface area contributed by atoms with Gasteiger partial charge in [0.2, 0.25) is 5.95 Å². The normalized spacial score (nSPS) is 10.1. The van der Waals surface area contributed by atoms with Crippen molar-refractivity contribution < 1.29 is 0 Å². The molecule has 2 aromatic rings. The number of aromatic nitrogens is 4. The van der Waals surface area contributed by atoms with Crippen LogP contribution in [0, 0.1) is 0 Å². The van der Waals surface area contributed by atoms with Crippen molar-refractivity contribution in [1.82, 2.24) is 20.2 Å². The summed E-state index contributed by atoms with van der Waals surface area (Å²) < 4.78 is 0. The molecule has 0 radical (unpaired) electrons. The molecule has 0 aliphatic rings. The SMILES string of the molecule is Clc1cnccc1CNc1ncn[nH]1. The number of hydrogen-bond donors (Lipinski definition) is 2. The molecule has 72 valence electrons. The molecule has 0 aliphatic heterocycles. The Morgan fingerprint density at radius 2 is 2.43 bits per heavy atom. The Labute approximate surface area is 85.5 Å². The molecule has 14 heavy (non-hydrogen) atoms. The first-order valence-electron chi connectivity index (χ1n) is 4.04. The van der Waals surface area contributed by atoms with Gasteiger partial charge in [-0.1, -0.05) is 11.6 Å². The highest BCUT2D eigenvalue weighted by molar-refractivity contribution is 6.31. The van der Waals surface area contributed by atoms with E-state index in [1.165, 1.54) is 6.33 Å². The van der Waals surface area contributed by atoms with Crippen molar-refractivity contribution in [2.24, 2.45) is 0 Å². The van der Waals surface area contributed by atoms with E-state index in [-0.39, 0.29) is 0 Å². The summed E-state index contributed by atoms with van der Waals surface area (Å²) in [5.74, 6) is 0.623. The van der Waals surface area contributed by atoms with Gasteiger partial charge in [0.25, 0.3) is 0 Å². The molecule has 0 spiro atoms. The molecular weight excluding hydrogens is 202 g/mol. The molecule has 0 atom stereocenters. The zero-order chi connectivity index (χ0) is 9.80. The van der Waals surface area contributed by atoms with Crippen LogP contribution in [0.1, 0.15) is 5.56 Å². The van der Waals surface area contributed by atoms with Crippen molar-refractivity contribution in [3.63, 3.8) is 0 Å². The smallest absolute Gasteiger partial charge is 0.218 e. The van der Waals surface area contributed by atoms with Gasteiger partial charge >= 0.3 is 0 Å². The molecule has 6 heteroatoms. The van der Waals surface area contributed by atoms with E-state index in [1.54, 1.807) is 12.4 Å². The van der Waals surface area contributed by atoms with Crippen LogP contribution in [0.2, 0.25) is 5.02 Å². The average Bonchev–Trinajstić information content (AvgIpc) is 2.69. The summed E-state index contributed by atoms with van der Waals surface area (Å²) >= 11 is 5.92. The fourth-order valence-electron chi connectivity index (χ4n) is 1.02. The lowest BCUT2D eigenvalue weighted by atomic mass is 10.3. The summed E-state index contributed by atoms with van der Waals surface area (Å²) in [7, 11) is 0. The van der Waals surface area contributed by atoms with Gasteiger partial charge in [0.1, 0.15) is 6.33 Å². The first kappa shape index (κ1) is 8.96. The molecule has 0 unspecified atom stereocenters. The topological polar surface area (TPSA) is 66.5 Å². The minimum atomic E-state index is 0.594. The van der Waals surface area contributed by atoms with Gasteiger partial charge in [0.15, 0.2) is 0 Å². The van der Waals surface area contributed by atoms with E-state index in [4.69, 9.17) is 11.6 Å². The monoisotopic (exact) mass is 209 g/mol. The predicted octanol–water partition coefficient (Wildman–Crippen LogP) is 1.47. The maximum Gasteiger partial charge on any atom is 0.218 e. The van der Waals surface area contributed by atoms with Crippen LogP contribution in [0.15, 0.2) is 24.8 Å². The number of rotatable bonds is 3. The van der Waals surface area contributed by atoms with Crippen molar-refractivity contribution in [3.8, 4) is 0 Å². The van der Waals surface area contributed by atoms with E-state index in [0.29, 0.717) is 17.5 Å². The predicted molar refractivity (Wildman–Crippen MR) is 53.0 cm³/mol. The highest BCUT2D eigenvalue weighted by atomic mass is 35.5. The molecule has 0 saturated heterocycles. The molecule has 2 heterocycles. The van der Waals surface area contributed by atoms with Crippen molar-refractivity contribution in [2.75, 3.05) is 5.32 Å². The van der Waals surface area contributed by atoms with Crippen LogP contribution < -0.4 is 5.32 Å². The molecule has 2 rings (SSSR count). The molecule has 0 amide bonds. The molecular formula is C8H8ClN5. The number of nitrogens with one attached hydrogen (secondary N) is 2. The Morgan fingerprint density at radius 3 is 3.14 bits per heavy atom. The van der Waals surface area contributed by atoms with Crippen molar-refractivity contribution in [1.29, 1.82) is 0 Å². The van der Waals surface area contributed by atoms with Crippen LogP contribution in [0.4, 0.5) is 5.95 Å². The Balaban J connectivity index is 2.02. The van der Waals surface area contributed by atoms with E-state index in [1.807, 2.05) is 6.07 Å². The quantitative estimate of drug-likeness (QED) is 0.804. The third-order valence-electron chi connectivity index (χ3n) is 1.72. The zero-order valence-corrected chi connectivity index (χ0v) is 7.99. The fraction of sp³-hybridized carbons (Fsp3) is 0.125. The summed E-state index contributed by atoms with van der Waals surface area (Å²) in [6.07, 6.45) is 4.75. The number of hydrogen-bond acceptors (Lipinski definition) is 4. The average molecular weight is 210 g/mol. The minimum absolute atomic E-state index is 0.594. The van der Waals surface area contributed by atoms with Gasteiger partial charge in [-0.2, -0.15) is 5.10 Å². The van der Waals surface area contributed by atoms with E-state index in [9.17, 15) is 0 Å². The Bertz CT molecular complexity index is 400. The second-order valence-corrected chi connectivity index (χ2v) is 3.06. The maximum atomic E-state index is 5.92. The molecule has 2 aromatic heterocycles. The lowest BCUT2D eigenvalue weighted by Gasteiger charge is -2.03. The summed E-state index contributed by atoms with van der Waals surface area (Å²) in [5.41, 5.74) is 0.970. The van der Waals surface area contributed by atoms with Crippen LogP contribution >= 0.6 is 11.6 Å².